The zero-order chi connectivity index (χ0) is 23.2. The molecule has 176 valence electrons. The smallest absolute Gasteiger partial charge is 0.337 e. The number of H-pyrrole nitrogens is 1. The molecule has 1 N–H and O–H groups in total. The standard InChI is InChI=1S/C26H33N3O4/c1-31-21-8-10-24(25(17-21)32-2)29-14-12-28(13-15-29)11-5-4-6-20-18-27-23-9-7-19(16-22(20)23)26(30)33-3/h7-10,16-18,27H,4-6,11-15H2,1-3H3. The first kappa shape index (κ1) is 23.0. The van der Waals surface area contributed by atoms with Gasteiger partial charge in [-0.1, -0.05) is 0 Å². The fraction of sp³-hybridized carbons (Fsp3) is 0.423. The number of hydrogen-bond acceptors (Lipinski definition) is 6. The molecule has 0 atom stereocenters. The predicted octanol–water partition coefficient (Wildman–Crippen LogP) is 4.12. The van der Waals surface area contributed by atoms with Gasteiger partial charge in [-0.25, -0.2) is 4.79 Å². The summed E-state index contributed by atoms with van der Waals surface area (Å²) in [5.41, 5.74) is 4.04. The molecular weight excluding hydrogens is 418 g/mol. The average Bonchev–Trinajstić information content (AvgIpc) is 3.28. The number of aryl methyl sites for hydroxylation is 1. The van der Waals surface area contributed by atoms with Crippen molar-refractivity contribution in [1.29, 1.82) is 0 Å². The largest absolute Gasteiger partial charge is 0.497 e. The van der Waals surface area contributed by atoms with Crippen LogP contribution in [0.3, 0.4) is 0 Å². The van der Waals surface area contributed by atoms with Crippen molar-refractivity contribution in [3.8, 4) is 11.5 Å². The second-order valence-corrected chi connectivity index (χ2v) is 8.39. The van der Waals surface area contributed by atoms with Crippen molar-refractivity contribution in [2.24, 2.45) is 0 Å². The van der Waals surface area contributed by atoms with Gasteiger partial charge in [0, 0.05) is 49.3 Å². The Morgan fingerprint density at radius 3 is 2.52 bits per heavy atom. The second kappa shape index (κ2) is 10.6. The molecule has 1 saturated heterocycles. The van der Waals surface area contributed by atoms with Crippen molar-refractivity contribution in [2.75, 3.05) is 59.0 Å². The molecule has 0 amide bonds. The van der Waals surface area contributed by atoms with Crippen LogP contribution in [0.2, 0.25) is 0 Å². The number of rotatable bonds is 9. The molecule has 1 fully saturated rings. The van der Waals surface area contributed by atoms with Gasteiger partial charge < -0.3 is 24.1 Å². The van der Waals surface area contributed by atoms with Crippen molar-refractivity contribution >= 4 is 22.6 Å². The van der Waals surface area contributed by atoms with Crippen molar-refractivity contribution in [2.45, 2.75) is 19.3 Å². The van der Waals surface area contributed by atoms with Crippen LogP contribution in [-0.2, 0) is 11.2 Å². The normalized spacial score (nSPS) is 14.5. The lowest BCUT2D eigenvalue weighted by molar-refractivity contribution is 0.0601. The minimum atomic E-state index is -0.296. The number of nitrogens with one attached hydrogen (secondary N) is 1. The molecule has 1 aromatic heterocycles. The minimum absolute atomic E-state index is 0.296. The quantitative estimate of drug-likeness (QED) is 0.390. The van der Waals surface area contributed by atoms with E-state index in [0.29, 0.717) is 5.56 Å². The van der Waals surface area contributed by atoms with Crippen molar-refractivity contribution in [1.82, 2.24) is 9.88 Å². The number of esters is 1. The van der Waals surface area contributed by atoms with Crippen LogP contribution in [-0.4, -0.2) is 69.9 Å². The van der Waals surface area contributed by atoms with E-state index in [-0.39, 0.29) is 5.97 Å². The number of fused-ring (bicyclic) bond motifs is 1. The maximum atomic E-state index is 11.9. The first-order chi connectivity index (χ1) is 16.1. The first-order valence-electron chi connectivity index (χ1n) is 11.5. The maximum absolute atomic E-state index is 11.9. The number of hydrogen-bond donors (Lipinski definition) is 1. The molecule has 0 aliphatic carbocycles. The van der Waals surface area contributed by atoms with Crippen molar-refractivity contribution < 1.29 is 19.0 Å². The Balaban J connectivity index is 1.25. The molecule has 0 unspecified atom stereocenters. The SMILES string of the molecule is COC(=O)c1ccc2[nH]cc(CCCCN3CCN(c4ccc(OC)cc4OC)CC3)c2c1. The van der Waals surface area contributed by atoms with Crippen molar-refractivity contribution in [3.05, 3.63) is 53.7 Å². The van der Waals surface area contributed by atoms with Crippen LogP contribution in [0.15, 0.2) is 42.6 Å². The summed E-state index contributed by atoms with van der Waals surface area (Å²) in [7, 11) is 4.79. The van der Waals surface area contributed by atoms with Gasteiger partial charge in [0.25, 0.3) is 0 Å². The molecule has 1 aliphatic rings. The average molecular weight is 452 g/mol. The summed E-state index contributed by atoms with van der Waals surface area (Å²) >= 11 is 0. The number of anilines is 1. The molecule has 0 radical (unpaired) electrons. The molecule has 0 saturated carbocycles. The zero-order valence-corrected chi connectivity index (χ0v) is 19.7. The number of aromatic amines is 1. The molecule has 0 spiro atoms. The predicted molar refractivity (Wildman–Crippen MR) is 131 cm³/mol. The Bertz CT molecular complexity index is 1090. The summed E-state index contributed by atoms with van der Waals surface area (Å²) in [6.45, 7) is 5.17. The Kier molecular flexibility index (Phi) is 7.40. The minimum Gasteiger partial charge on any atom is -0.497 e. The van der Waals surface area contributed by atoms with Gasteiger partial charge in [-0.3, -0.25) is 4.90 Å². The lowest BCUT2D eigenvalue weighted by Gasteiger charge is -2.36. The van der Waals surface area contributed by atoms with E-state index in [1.807, 2.05) is 24.3 Å². The second-order valence-electron chi connectivity index (χ2n) is 8.39. The Morgan fingerprint density at radius 1 is 0.970 bits per heavy atom. The van der Waals surface area contributed by atoms with E-state index in [4.69, 9.17) is 14.2 Å². The third-order valence-electron chi connectivity index (χ3n) is 6.46. The highest BCUT2D eigenvalue weighted by atomic mass is 16.5. The number of methoxy groups -OCH3 is 3. The number of benzene rings is 2. The Labute approximate surface area is 195 Å². The summed E-state index contributed by atoms with van der Waals surface area (Å²) in [6.07, 6.45) is 5.32. The zero-order valence-electron chi connectivity index (χ0n) is 19.7. The highest BCUT2D eigenvalue weighted by molar-refractivity contribution is 5.95. The fourth-order valence-corrected chi connectivity index (χ4v) is 4.54. The van der Waals surface area contributed by atoms with Gasteiger partial charge in [-0.2, -0.15) is 0 Å². The molecule has 1 aliphatic heterocycles. The van der Waals surface area contributed by atoms with Gasteiger partial charge in [0.2, 0.25) is 0 Å². The highest BCUT2D eigenvalue weighted by Crippen LogP contribution is 2.32. The van der Waals surface area contributed by atoms with Gasteiger partial charge in [0.15, 0.2) is 0 Å². The van der Waals surface area contributed by atoms with E-state index in [1.54, 1.807) is 20.3 Å². The van der Waals surface area contributed by atoms with E-state index >= 15 is 0 Å². The number of carbonyl (C=O) groups excluding carboxylic acids is 1. The molecular formula is C26H33N3O4. The molecule has 33 heavy (non-hydrogen) atoms. The van der Waals surface area contributed by atoms with E-state index in [1.165, 1.54) is 12.7 Å². The highest BCUT2D eigenvalue weighted by Gasteiger charge is 2.20. The molecule has 2 aromatic carbocycles. The maximum Gasteiger partial charge on any atom is 0.337 e. The van der Waals surface area contributed by atoms with Crippen molar-refractivity contribution in [3.63, 3.8) is 0 Å². The summed E-state index contributed by atoms with van der Waals surface area (Å²) < 4.78 is 15.7. The van der Waals surface area contributed by atoms with E-state index in [2.05, 4.69) is 27.0 Å². The van der Waals surface area contributed by atoms with Crippen LogP contribution in [0.5, 0.6) is 11.5 Å². The Morgan fingerprint density at radius 2 is 1.79 bits per heavy atom. The summed E-state index contributed by atoms with van der Waals surface area (Å²) in [5.74, 6) is 1.37. The van der Waals surface area contributed by atoms with Gasteiger partial charge in [-0.05, 0) is 61.7 Å². The van der Waals surface area contributed by atoms with Crippen LogP contribution in [0.25, 0.3) is 10.9 Å². The van der Waals surface area contributed by atoms with Gasteiger partial charge >= 0.3 is 5.97 Å². The number of nitrogens with zero attached hydrogens (tertiary/aromatic N) is 2. The summed E-state index contributed by atoms with van der Waals surface area (Å²) in [6, 6.07) is 11.7. The van der Waals surface area contributed by atoms with Gasteiger partial charge in [-0.15, -0.1) is 0 Å². The lowest BCUT2D eigenvalue weighted by Crippen LogP contribution is -2.46. The third kappa shape index (κ3) is 5.25. The monoisotopic (exact) mass is 451 g/mol. The van der Waals surface area contributed by atoms with Gasteiger partial charge in [0.05, 0.1) is 32.6 Å². The summed E-state index contributed by atoms with van der Waals surface area (Å²) in [5, 5.41) is 1.11. The van der Waals surface area contributed by atoms with Crippen LogP contribution >= 0.6 is 0 Å². The molecule has 7 nitrogen and oxygen atoms in total. The number of aromatic nitrogens is 1. The molecule has 4 rings (SSSR count). The van der Waals surface area contributed by atoms with E-state index < -0.39 is 0 Å². The topological polar surface area (TPSA) is 67.0 Å². The molecule has 2 heterocycles. The molecule has 3 aromatic rings. The van der Waals surface area contributed by atoms with Crippen LogP contribution in [0.4, 0.5) is 5.69 Å². The van der Waals surface area contributed by atoms with E-state index in [9.17, 15) is 4.79 Å². The van der Waals surface area contributed by atoms with E-state index in [0.717, 1.165) is 80.1 Å². The van der Waals surface area contributed by atoms with Crippen LogP contribution in [0.1, 0.15) is 28.8 Å². The first-order valence-corrected chi connectivity index (χ1v) is 11.5. The molecule has 0 bridgehead atoms. The Hall–Kier alpha value is -3.19. The number of unbranched alkanes of at least 4 members (excludes halogenated alkanes) is 1. The fourth-order valence-electron chi connectivity index (χ4n) is 4.54. The number of piperazine rings is 1. The van der Waals surface area contributed by atoms with Crippen LogP contribution in [0, 0.1) is 0 Å². The van der Waals surface area contributed by atoms with Crippen LogP contribution < -0.4 is 14.4 Å². The molecule has 7 heteroatoms. The number of carbonyl (C=O) groups is 1. The number of ether oxygens (including phenoxy) is 3. The lowest BCUT2D eigenvalue weighted by atomic mass is 10.0. The summed E-state index contributed by atoms with van der Waals surface area (Å²) in [4.78, 5) is 20.1. The van der Waals surface area contributed by atoms with Gasteiger partial charge in [0.1, 0.15) is 11.5 Å². The third-order valence-corrected chi connectivity index (χ3v) is 6.46.